The largest absolute Gasteiger partial charge is 0.375 e. The first-order valence-corrected chi connectivity index (χ1v) is 4.24. The van der Waals surface area contributed by atoms with E-state index in [0.717, 1.165) is 0 Å². The van der Waals surface area contributed by atoms with Gasteiger partial charge in [-0.2, -0.15) is 5.26 Å². The van der Waals surface area contributed by atoms with Crippen LogP contribution in [0.25, 0.3) is 0 Å². The average Bonchev–Trinajstić information content (AvgIpc) is 2.21. The van der Waals surface area contributed by atoms with Crippen LogP contribution in [0.5, 0.6) is 0 Å². The summed E-state index contributed by atoms with van der Waals surface area (Å²) in [6, 6.07) is 6.11. The summed E-state index contributed by atoms with van der Waals surface area (Å²) in [5, 5.41) is 8.59. The van der Waals surface area contributed by atoms with Gasteiger partial charge in [-0.3, -0.25) is 0 Å². The number of benzene rings is 1. The van der Waals surface area contributed by atoms with Gasteiger partial charge in [-0.15, -0.1) is 0 Å². The Morgan fingerprint density at radius 3 is 2.93 bits per heavy atom. The van der Waals surface area contributed by atoms with Gasteiger partial charge in [0, 0.05) is 12.1 Å². The second-order valence-corrected chi connectivity index (χ2v) is 2.76. The molecule has 1 aromatic carbocycles. The lowest BCUT2D eigenvalue weighted by Gasteiger charge is -2.04. The number of hydrogen-bond acceptors (Lipinski definition) is 3. The van der Waals surface area contributed by atoms with Crippen LogP contribution in [-0.2, 0) is 11.3 Å². The van der Waals surface area contributed by atoms with Gasteiger partial charge in [0.15, 0.2) is 0 Å². The van der Waals surface area contributed by atoms with Crippen LogP contribution in [0.2, 0.25) is 0 Å². The minimum Gasteiger partial charge on any atom is -0.375 e. The first kappa shape index (κ1) is 10.6. The van der Waals surface area contributed by atoms with Crippen LogP contribution in [0.15, 0.2) is 18.2 Å². The van der Waals surface area contributed by atoms with E-state index in [4.69, 9.17) is 15.7 Å². The van der Waals surface area contributed by atoms with E-state index in [1.807, 2.05) is 6.07 Å². The molecule has 0 bridgehead atoms. The van der Waals surface area contributed by atoms with Crippen LogP contribution in [0.4, 0.5) is 4.39 Å². The van der Waals surface area contributed by atoms with Gasteiger partial charge >= 0.3 is 0 Å². The predicted molar refractivity (Wildman–Crippen MR) is 49.8 cm³/mol. The van der Waals surface area contributed by atoms with Crippen molar-refractivity contribution in [2.75, 3.05) is 13.2 Å². The standard InChI is InChI=1S/C10H11FN2O/c11-10-2-1-8(6-13)5-9(10)7-14-4-3-12/h1-2,5H,3-4,7,12H2. The number of hydrogen-bond donors (Lipinski definition) is 1. The summed E-state index contributed by atoms with van der Waals surface area (Å²) >= 11 is 0. The quantitative estimate of drug-likeness (QED) is 0.732. The van der Waals surface area contributed by atoms with Crippen molar-refractivity contribution in [2.45, 2.75) is 6.61 Å². The molecule has 0 fully saturated rings. The van der Waals surface area contributed by atoms with E-state index in [9.17, 15) is 4.39 Å². The van der Waals surface area contributed by atoms with Gasteiger partial charge in [-0.05, 0) is 18.2 Å². The van der Waals surface area contributed by atoms with E-state index >= 15 is 0 Å². The summed E-state index contributed by atoms with van der Waals surface area (Å²) in [6.45, 7) is 0.939. The highest BCUT2D eigenvalue weighted by Gasteiger charge is 2.03. The maximum absolute atomic E-state index is 13.1. The average molecular weight is 194 g/mol. The molecule has 0 saturated heterocycles. The summed E-state index contributed by atoms with van der Waals surface area (Å²) in [6.07, 6.45) is 0. The highest BCUT2D eigenvalue weighted by Crippen LogP contribution is 2.10. The van der Waals surface area contributed by atoms with E-state index in [2.05, 4.69) is 0 Å². The molecule has 0 spiro atoms. The lowest BCUT2D eigenvalue weighted by Crippen LogP contribution is -2.08. The molecule has 1 rings (SSSR count). The number of nitriles is 1. The molecule has 0 saturated carbocycles. The fourth-order valence-corrected chi connectivity index (χ4v) is 1.02. The van der Waals surface area contributed by atoms with Gasteiger partial charge in [0.1, 0.15) is 5.82 Å². The van der Waals surface area contributed by atoms with Crippen LogP contribution in [0.1, 0.15) is 11.1 Å². The van der Waals surface area contributed by atoms with Gasteiger partial charge < -0.3 is 10.5 Å². The molecule has 3 nitrogen and oxygen atoms in total. The third-order valence-electron chi connectivity index (χ3n) is 1.69. The second kappa shape index (κ2) is 5.32. The Labute approximate surface area is 81.9 Å². The van der Waals surface area contributed by atoms with Crippen LogP contribution in [-0.4, -0.2) is 13.2 Å². The molecule has 74 valence electrons. The van der Waals surface area contributed by atoms with E-state index < -0.39 is 0 Å². The predicted octanol–water partition coefficient (Wildman–Crippen LogP) is 1.17. The lowest BCUT2D eigenvalue weighted by molar-refractivity contribution is 0.125. The van der Waals surface area contributed by atoms with Gasteiger partial charge in [-0.1, -0.05) is 0 Å². The van der Waals surface area contributed by atoms with E-state index in [1.165, 1.54) is 18.2 Å². The molecule has 0 amide bonds. The number of ether oxygens (including phenoxy) is 1. The summed E-state index contributed by atoms with van der Waals surface area (Å²) in [5.74, 6) is -0.360. The number of nitrogens with two attached hydrogens (primary N) is 1. The molecule has 2 N–H and O–H groups in total. The van der Waals surface area contributed by atoms with Crippen molar-refractivity contribution < 1.29 is 9.13 Å². The minimum absolute atomic E-state index is 0.151. The lowest BCUT2D eigenvalue weighted by atomic mass is 10.1. The van der Waals surface area contributed by atoms with Crippen molar-refractivity contribution >= 4 is 0 Å². The fraction of sp³-hybridized carbons (Fsp3) is 0.300. The Bertz CT molecular complexity index is 346. The molecule has 14 heavy (non-hydrogen) atoms. The zero-order chi connectivity index (χ0) is 10.4. The van der Waals surface area contributed by atoms with Crippen LogP contribution < -0.4 is 5.73 Å². The van der Waals surface area contributed by atoms with Gasteiger partial charge in [0.2, 0.25) is 0 Å². The number of halogens is 1. The minimum atomic E-state index is -0.360. The van der Waals surface area contributed by atoms with Gasteiger partial charge in [0.25, 0.3) is 0 Å². The Kier molecular flexibility index (Phi) is 4.05. The second-order valence-electron chi connectivity index (χ2n) is 2.76. The van der Waals surface area contributed by atoms with Crippen LogP contribution >= 0.6 is 0 Å². The zero-order valence-corrected chi connectivity index (χ0v) is 7.66. The maximum Gasteiger partial charge on any atom is 0.128 e. The summed E-state index contributed by atoms with van der Waals surface area (Å²) in [7, 11) is 0. The van der Waals surface area contributed by atoms with Gasteiger partial charge in [0.05, 0.1) is 24.8 Å². The molecule has 0 aliphatic rings. The highest BCUT2D eigenvalue weighted by molar-refractivity contribution is 5.33. The molecule has 0 radical (unpaired) electrons. The topological polar surface area (TPSA) is 59.0 Å². The van der Waals surface area contributed by atoms with Crippen LogP contribution in [0.3, 0.4) is 0 Å². The third kappa shape index (κ3) is 2.80. The summed E-state index contributed by atoms with van der Waals surface area (Å²) in [5.41, 5.74) is 6.03. The van der Waals surface area contributed by atoms with Crippen LogP contribution in [0, 0.1) is 17.1 Å². The smallest absolute Gasteiger partial charge is 0.128 e. The molecule has 0 aromatic heterocycles. The molecule has 4 heteroatoms. The molecule has 0 heterocycles. The van der Waals surface area contributed by atoms with Crippen molar-refractivity contribution in [2.24, 2.45) is 5.73 Å². The van der Waals surface area contributed by atoms with Crippen molar-refractivity contribution in [3.8, 4) is 6.07 Å². The SMILES string of the molecule is N#Cc1ccc(F)c(COCCN)c1. The van der Waals surface area contributed by atoms with E-state index in [0.29, 0.717) is 24.3 Å². The Morgan fingerprint density at radius 1 is 1.50 bits per heavy atom. The third-order valence-corrected chi connectivity index (χ3v) is 1.69. The molecule has 0 unspecified atom stereocenters. The molecule has 1 aromatic rings. The van der Waals surface area contributed by atoms with Crippen molar-refractivity contribution in [1.82, 2.24) is 0 Å². The van der Waals surface area contributed by atoms with Gasteiger partial charge in [-0.25, -0.2) is 4.39 Å². The summed E-state index contributed by atoms with van der Waals surface area (Å²) < 4.78 is 18.2. The Morgan fingerprint density at radius 2 is 2.29 bits per heavy atom. The number of nitrogens with zero attached hydrogens (tertiary/aromatic N) is 1. The first-order valence-electron chi connectivity index (χ1n) is 4.24. The molecule has 0 atom stereocenters. The Hall–Kier alpha value is -1.44. The van der Waals surface area contributed by atoms with Crippen molar-refractivity contribution in [3.63, 3.8) is 0 Å². The molecule has 0 aliphatic heterocycles. The van der Waals surface area contributed by atoms with E-state index in [1.54, 1.807) is 0 Å². The van der Waals surface area contributed by atoms with Crippen molar-refractivity contribution in [1.29, 1.82) is 5.26 Å². The monoisotopic (exact) mass is 194 g/mol. The van der Waals surface area contributed by atoms with E-state index in [-0.39, 0.29) is 12.4 Å². The summed E-state index contributed by atoms with van der Waals surface area (Å²) in [4.78, 5) is 0. The molecule has 0 aliphatic carbocycles. The normalized spacial score (nSPS) is 9.79. The zero-order valence-electron chi connectivity index (χ0n) is 7.66. The highest BCUT2D eigenvalue weighted by atomic mass is 19.1. The number of rotatable bonds is 4. The molecular formula is C10H11FN2O. The fourth-order valence-electron chi connectivity index (χ4n) is 1.02. The first-order chi connectivity index (χ1) is 6.77. The Balaban J connectivity index is 2.70. The van der Waals surface area contributed by atoms with Crippen molar-refractivity contribution in [3.05, 3.63) is 35.1 Å². The maximum atomic E-state index is 13.1. The molecular weight excluding hydrogens is 183 g/mol.